The quantitative estimate of drug-likeness (QED) is 0.854. The van der Waals surface area contributed by atoms with Gasteiger partial charge in [-0.25, -0.2) is 0 Å². The molecule has 1 aliphatic rings. The summed E-state index contributed by atoms with van der Waals surface area (Å²) in [6.07, 6.45) is 0.859. The highest BCUT2D eigenvalue weighted by Crippen LogP contribution is 2.35. The first kappa shape index (κ1) is 17.7. The Kier molecular flexibility index (Phi) is 6.25. The summed E-state index contributed by atoms with van der Waals surface area (Å²) in [7, 11) is 0. The first-order valence-electron chi connectivity index (χ1n) is 5.97. The molecule has 0 radical (unpaired) electrons. The number of nitrogens with zero attached hydrogens (tertiary/aromatic N) is 1. The summed E-state index contributed by atoms with van der Waals surface area (Å²) in [6, 6.07) is 1.58. The van der Waals surface area contributed by atoms with Gasteiger partial charge in [-0.3, -0.25) is 4.79 Å². The van der Waals surface area contributed by atoms with Crippen molar-refractivity contribution in [3.63, 3.8) is 0 Å². The molecule has 0 aromatic carbocycles. The molecule has 0 bridgehead atoms. The van der Waals surface area contributed by atoms with Crippen LogP contribution in [0.1, 0.15) is 23.0 Å². The van der Waals surface area contributed by atoms with E-state index in [9.17, 15) is 13.6 Å². The number of carbonyl (C=O) groups excluding carboxylic acids is 1. The molecule has 20 heavy (non-hydrogen) atoms. The Morgan fingerprint density at radius 1 is 1.65 bits per heavy atom. The molecule has 2 heterocycles. The minimum atomic E-state index is -2.51. The zero-order valence-electron chi connectivity index (χ0n) is 11.0. The lowest BCUT2D eigenvalue weighted by Gasteiger charge is -2.22. The minimum absolute atomic E-state index is 0. The van der Waals surface area contributed by atoms with Gasteiger partial charge in [0.15, 0.2) is 0 Å². The molecule has 0 spiro atoms. The highest BCUT2D eigenvalue weighted by Gasteiger charge is 2.36. The average Bonchev–Trinajstić information content (AvgIpc) is 2.95. The van der Waals surface area contributed by atoms with Gasteiger partial charge >= 0.3 is 0 Å². The molecular formula is C12H17ClF2N2OS2. The van der Waals surface area contributed by atoms with Crippen molar-refractivity contribution in [2.75, 3.05) is 19.6 Å². The number of nitrogens with two attached hydrogens (primary N) is 1. The molecule has 3 nitrogen and oxygen atoms in total. The lowest BCUT2D eigenvalue weighted by molar-refractivity contribution is 0.0778. The Bertz CT molecular complexity index is 472. The van der Waals surface area contributed by atoms with E-state index in [1.165, 1.54) is 11.3 Å². The second-order valence-electron chi connectivity index (χ2n) is 4.98. The number of alkyl halides is 2. The number of thiophene rings is 1. The Morgan fingerprint density at radius 2 is 2.35 bits per heavy atom. The van der Waals surface area contributed by atoms with E-state index in [-0.39, 0.29) is 23.7 Å². The fourth-order valence-corrected chi connectivity index (χ4v) is 3.81. The fourth-order valence-electron chi connectivity index (χ4n) is 2.15. The van der Waals surface area contributed by atoms with Crippen LogP contribution >= 0.6 is 35.5 Å². The van der Waals surface area contributed by atoms with Gasteiger partial charge in [-0.2, -0.15) is 8.78 Å². The largest absolute Gasteiger partial charge is 0.337 e. The lowest BCUT2D eigenvalue weighted by atomic mass is 9.90. The van der Waals surface area contributed by atoms with E-state index >= 15 is 0 Å². The van der Waals surface area contributed by atoms with E-state index in [1.807, 2.05) is 6.92 Å². The van der Waals surface area contributed by atoms with Crippen LogP contribution in [0.4, 0.5) is 8.78 Å². The lowest BCUT2D eigenvalue weighted by Crippen LogP contribution is -2.34. The van der Waals surface area contributed by atoms with Gasteiger partial charge in [0.05, 0.1) is 0 Å². The van der Waals surface area contributed by atoms with Gasteiger partial charge in [-0.05, 0) is 29.8 Å². The predicted octanol–water partition coefficient (Wildman–Crippen LogP) is 3.30. The third-order valence-electron chi connectivity index (χ3n) is 3.38. The Balaban J connectivity index is 0.00000200. The molecular weight excluding hydrogens is 326 g/mol. The van der Waals surface area contributed by atoms with Crippen LogP contribution in [-0.2, 0) is 0 Å². The summed E-state index contributed by atoms with van der Waals surface area (Å²) >= 11 is 1.65. The van der Waals surface area contributed by atoms with E-state index in [4.69, 9.17) is 5.73 Å². The summed E-state index contributed by atoms with van der Waals surface area (Å²) < 4.78 is 24.8. The first-order valence-corrected chi connectivity index (χ1v) is 7.73. The van der Waals surface area contributed by atoms with Crippen LogP contribution in [0.15, 0.2) is 16.3 Å². The van der Waals surface area contributed by atoms with Gasteiger partial charge in [0.1, 0.15) is 4.88 Å². The minimum Gasteiger partial charge on any atom is -0.337 e. The van der Waals surface area contributed by atoms with E-state index < -0.39 is 5.76 Å². The van der Waals surface area contributed by atoms with Crippen molar-refractivity contribution in [1.29, 1.82) is 0 Å². The van der Waals surface area contributed by atoms with E-state index in [1.54, 1.807) is 16.3 Å². The second-order valence-corrected chi connectivity index (χ2v) is 6.93. The number of halogens is 3. The van der Waals surface area contributed by atoms with E-state index in [0.29, 0.717) is 41.2 Å². The first-order chi connectivity index (χ1) is 8.95. The molecule has 1 aromatic rings. The molecule has 0 saturated carbocycles. The number of hydrogen-bond acceptors (Lipinski definition) is 4. The Morgan fingerprint density at radius 3 is 2.90 bits per heavy atom. The Hall–Kier alpha value is -0.370. The van der Waals surface area contributed by atoms with Gasteiger partial charge in [0, 0.05) is 18.0 Å². The van der Waals surface area contributed by atoms with Gasteiger partial charge in [0.25, 0.3) is 11.7 Å². The van der Waals surface area contributed by atoms with Crippen molar-refractivity contribution >= 4 is 41.4 Å². The Labute approximate surface area is 131 Å². The maximum absolute atomic E-state index is 12.4. The number of thioether (sulfide) groups is 1. The summed E-state index contributed by atoms with van der Waals surface area (Å²) in [5, 5.41) is 1.68. The highest BCUT2D eigenvalue weighted by atomic mass is 35.5. The number of hydrogen-bond donors (Lipinski definition) is 1. The summed E-state index contributed by atoms with van der Waals surface area (Å²) in [6.45, 7) is 3.81. The molecule has 1 unspecified atom stereocenters. The van der Waals surface area contributed by atoms with Crippen molar-refractivity contribution in [3.8, 4) is 0 Å². The van der Waals surface area contributed by atoms with Crippen LogP contribution in [0.25, 0.3) is 0 Å². The van der Waals surface area contributed by atoms with Crippen LogP contribution in [0.5, 0.6) is 0 Å². The molecule has 1 aromatic heterocycles. The highest BCUT2D eigenvalue weighted by molar-refractivity contribution is 7.99. The van der Waals surface area contributed by atoms with Gasteiger partial charge < -0.3 is 10.6 Å². The zero-order chi connectivity index (χ0) is 14.0. The van der Waals surface area contributed by atoms with Crippen LogP contribution in [-0.4, -0.2) is 36.2 Å². The monoisotopic (exact) mass is 342 g/mol. The standard InChI is InChI=1S/C12H16F2N2OS2.ClH/c1-12(6-15)3-4-16(7-12)10(17)9-8(2-5-18-9)19-11(13)14;/h2,5,11H,3-4,6-7,15H2,1H3;1H. The molecule has 1 fully saturated rings. The van der Waals surface area contributed by atoms with Crippen LogP contribution in [0.3, 0.4) is 0 Å². The molecule has 1 amide bonds. The topological polar surface area (TPSA) is 46.3 Å². The summed E-state index contributed by atoms with van der Waals surface area (Å²) in [5.74, 6) is -2.66. The average molecular weight is 343 g/mol. The van der Waals surface area contributed by atoms with Crippen molar-refractivity contribution < 1.29 is 13.6 Å². The number of likely N-dealkylation sites (tertiary alicyclic amines) is 1. The maximum atomic E-state index is 12.4. The SMILES string of the molecule is CC1(CN)CCN(C(=O)c2sccc2SC(F)F)C1.Cl. The van der Waals surface area contributed by atoms with Gasteiger partial charge in [-0.15, -0.1) is 23.7 Å². The molecule has 2 N–H and O–H groups in total. The van der Waals surface area contributed by atoms with Gasteiger partial charge in [0.2, 0.25) is 0 Å². The smallest absolute Gasteiger partial charge is 0.288 e. The van der Waals surface area contributed by atoms with Crippen molar-refractivity contribution in [2.24, 2.45) is 11.1 Å². The summed E-state index contributed by atoms with van der Waals surface area (Å²) in [5.41, 5.74) is 5.65. The third-order valence-corrected chi connectivity index (χ3v) is 5.18. The molecule has 2 rings (SSSR count). The molecule has 1 aliphatic heterocycles. The molecule has 8 heteroatoms. The third kappa shape index (κ3) is 3.84. The normalized spacial score (nSPS) is 22.1. The van der Waals surface area contributed by atoms with Crippen LogP contribution < -0.4 is 5.73 Å². The predicted molar refractivity (Wildman–Crippen MR) is 81.1 cm³/mol. The molecule has 114 valence electrons. The zero-order valence-corrected chi connectivity index (χ0v) is 13.4. The maximum Gasteiger partial charge on any atom is 0.288 e. The number of amides is 1. The van der Waals surface area contributed by atoms with Gasteiger partial charge in [-0.1, -0.05) is 18.7 Å². The molecule has 0 aliphatic carbocycles. The summed E-state index contributed by atoms with van der Waals surface area (Å²) in [4.78, 5) is 14.8. The van der Waals surface area contributed by atoms with E-state index in [0.717, 1.165) is 6.42 Å². The van der Waals surface area contributed by atoms with E-state index in [2.05, 4.69) is 0 Å². The fraction of sp³-hybridized carbons (Fsp3) is 0.583. The van der Waals surface area contributed by atoms with Crippen LogP contribution in [0, 0.1) is 5.41 Å². The van der Waals surface area contributed by atoms with Crippen molar-refractivity contribution in [1.82, 2.24) is 4.90 Å². The number of rotatable bonds is 4. The van der Waals surface area contributed by atoms with Crippen molar-refractivity contribution in [2.45, 2.75) is 24.0 Å². The molecule has 1 atom stereocenters. The van der Waals surface area contributed by atoms with Crippen LogP contribution in [0.2, 0.25) is 0 Å². The molecule has 1 saturated heterocycles. The van der Waals surface area contributed by atoms with Crippen molar-refractivity contribution in [3.05, 3.63) is 16.3 Å². The second kappa shape index (κ2) is 7.06. The number of carbonyl (C=O) groups is 1.